The van der Waals surface area contributed by atoms with Gasteiger partial charge in [0.25, 0.3) is 5.91 Å². The van der Waals surface area contributed by atoms with E-state index >= 15 is 0 Å². The summed E-state index contributed by atoms with van der Waals surface area (Å²) in [7, 11) is 0. The number of rotatable bonds is 9. The van der Waals surface area contributed by atoms with Crippen LogP contribution in [0.3, 0.4) is 0 Å². The summed E-state index contributed by atoms with van der Waals surface area (Å²) < 4.78 is 41.5. The van der Waals surface area contributed by atoms with Gasteiger partial charge in [0, 0.05) is 48.7 Å². The van der Waals surface area contributed by atoms with Crippen molar-refractivity contribution < 1.29 is 37.7 Å². The molecule has 2 bridgehead atoms. The largest absolute Gasteiger partial charge is 0.480 e. The van der Waals surface area contributed by atoms with E-state index in [1.54, 1.807) is 18.2 Å². The lowest BCUT2D eigenvalue weighted by molar-refractivity contribution is -0.275. The van der Waals surface area contributed by atoms with Gasteiger partial charge in [0.05, 0.1) is 18.3 Å². The van der Waals surface area contributed by atoms with Gasteiger partial charge >= 0.3 is 6.11 Å². The standard InChI is InChI=1S/C24H28ClF2NO6/c1-22(26,27)34-16-5-15(6-16)32-9-14(29)8-23-10-24(11-23,12-23)28-21(31)20-7-18(30)17-4-13(25)2-3-19(17)33-20/h2-4,15-16,18,20,30H,5-12H2,1H3,(H,28,31)/t15?,16?,18-,20-,23?,24?/m1/s1. The molecule has 2 atom stereocenters. The Morgan fingerprint density at radius 1 is 1.24 bits per heavy atom. The zero-order valence-electron chi connectivity index (χ0n) is 18.8. The minimum atomic E-state index is -3.15. The SMILES string of the molecule is CC(F)(F)OC1CC(OCC(=O)CC23CC(NC(=O)[C@H]4C[C@@H](O)c5cc(Cl)ccc5O4)(C2)C3)C1. The Hall–Kier alpha value is -1.81. The molecule has 34 heavy (non-hydrogen) atoms. The number of fused-ring (bicyclic) bond motifs is 1. The fraction of sp³-hybridized carbons (Fsp3) is 0.667. The highest BCUT2D eigenvalue weighted by atomic mass is 35.5. The van der Waals surface area contributed by atoms with Crippen LogP contribution in [0, 0.1) is 5.41 Å². The predicted octanol–water partition coefficient (Wildman–Crippen LogP) is 3.70. The zero-order chi connectivity index (χ0) is 24.3. The summed E-state index contributed by atoms with van der Waals surface area (Å²) in [5, 5.41) is 14.0. The fourth-order valence-electron chi connectivity index (χ4n) is 5.96. The molecule has 1 aliphatic heterocycles. The molecule has 0 radical (unpaired) electrons. The van der Waals surface area contributed by atoms with Gasteiger partial charge in [-0.1, -0.05) is 11.6 Å². The number of ketones is 1. The summed E-state index contributed by atoms with van der Waals surface area (Å²) in [6, 6.07) is 4.95. The lowest BCUT2D eigenvalue weighted by Gasteiger charge is -2.70. The minimum Gasteiger partial charge on any atom is -0.480 e. The van der Waals surface area contributed by atoms with Gasteiger partial charge < -0.3 is 24.6 Å². The Morgan fingerprint density at radius 2 is 1.94 bits per heavy atom. The number of hydrogen-bond acceptors (Lipinski definition) is 6. The van der Waals surface area contributed by atoms with Crippen molar-refractivity contribution in [2.24, 2.45) is 5.41 Å². The van der Waals surface area contributed by atoms with Crippen LogP contribution in [0.15, 0.2) is 18.2 Å². The van der Waals surface area contributed by atoms with Crippen LogP contribution < -0.4 is 10.1 Å². The van der Waals surface area contributed by atoms with Gasteiger partial charge in [0.1, 0.15) is 12.4 Å². The molecule has 7 nitrogen and oxygen atoms in total. The normalized spacial score (nSPS) is 35.7. The Labute approximate surface area is 201 Å². The molecular weight excluding hydrogens is 472 g/mol. The van der Waals surface area contributed by atoms with Crippen molar-refractivity contribution in [2.45, 2.75) is 87.9 Å². The number of ether oxygens (including phenoxy) is 3. The number of halogens is 3. The average molecular weight is 500 g/mol. The quantitative estimate of drug-likeness (QED) is 0.538. The third-order valence-corrected chi connectivity index (χ3v) is 7.57. The van der Waals surface area contributed by atoms with Crippen LogP contribution in [0.2, 0.25) is 5.02 Å². The minimum absolute atomic E-state index is 0.0150. The Bertz CT molecular complexity index is 972. The van der Waals surface area contributed by atoms with Gasteiger partial charge in [-0.25, -0.2) is 0 Å². The first-order valence-corrected chi connectivity index (χ1v) is 12.0. The first kappa shape index (κ1) is 23.9. The maximum absolute atomic E-state index is 12.8. The van der Waals surface area contributed by atoms with E-state index in [-0.39, 0.29) is 41.8 Å². The van der Waals surface area contributed by atoms with Crippen LogP contribution in [0.25, 0.3) is 0 Å². The molecule has 0 aromatic heterocycles. The summed E-state index contributed by atoms with van der Waals surface area (Å²) in [5.74, 6) is 0.177. The molecule has 4 fully saturated rings. The second-order valence-corrected chi connectivity index (χ2v) is 10.9. The van der Waals surface area contributed by atoms with Crippen LogP contribution in [-0.2, 0) is 19.1 Å². The highest BCUT2D eigenvalue weighted by Crippen LogP contribution is 2.69. The number of Topliss-reactive ketones (excluding diaryl/α,β-unsaturated/α-hetero) is 1. The van der Waals surface area contributed by atoms with Crippen molar-refractivity contribution in [2.75, 3.05) is 6.61 Å². The first-order valence-electron chi connectivity index (χ1n) is 11.6. The topological polar surface area (TPSA) is 94.1 Å². The molecule has 2 N–H and O–H groups in total. The molecule has 10 heteroatoms. The molecular formula is C24H28ClF2NO6. The van der Waals surface area contributed by atoms with Crippen molar-refractivity contribution in [3.05, 3.63) is 28.8 Å². The van der Waals surface area contributed by atoms with Crippen LogP contribution in [0.4, 0.5) is 8.78 Å². The van der Waals surface area contributed by atoms with Gasteiger partial charge in [-0.3, -0.25) is 9.59 Å². The lowest BCUT2D eigenvalue weighted by atomic mass is 9.38. The number of carbonyl (C=O) groups is 2. The van der Waals surface area contributed by atoms with Crippen molar-refractivity contribution in [3.8, 4) is 5.75 Å². The zero-order valence-corrected chi connectivity index (χ0v) is 19.6. The molecule has 5 aliphatic rings. The van der Waals surface area contributed by atoms with Crippen molar-refractivity contribution in [1.82, 2.24) is 5.32 Å². The number of aliphatic hydroxyl groups excluding tert-OH is 1. The second-order valence-electron chi connectivity index (χ2n) is 10.5. The van der Waals surface area contributed by atoms with Crippen molar-refractivity contribution >= 4 is 23.3 Å². The Balaban J connectivity index is 1.03. The van der Waals surface area contributed by atoms with E-state index in [2.05, 4.69) is 10.1 Å². The van der Waals surface area contributed by atoms with E-state index in [9.17, 15) is 23.5 Å². The molecule has 6 rings (SSSR count). The summed E-state index contributed by atoms with van der Waals surface area (Å²) >= 11 is 5.97. The Kier molecular flexibility index (Phi) is 5.90. The number of carbonyl (C=O) groups excluding carboxylic acids is 2. The van der Waals surface area contributed by atoms with E-state index in [1.165, 1.54) is 0 Å². The second kappa shape index (κ2) is 8.40. The highest BCUT2D eigenvalue weighted by Gasteiger charge is 2.68. The smallest absolute Gasteiger partial charge is 0.353 e. The van der Waals surface area contributed by atoms with E-state index in [1.807, 2.05) is 0 Å². The maximum Gasteiger partial charge on any atom is 0.353 e. The van der Waals surface area contributed by atoms with Crippen molar-refractivity contribution in [1.29, 1.82) is 0 Å². The molecule has 0 saturated heterocycles. The summed E-state index contributed by atoms with van der Waals surface area (Å²) in [4.78, 5) is 25.2. The Morgan fingerprint density at radius 3 is 2.62 bits per heavy atom. The first-order chi connectivity index (χ1) is 15.9. The maximum atomic E-state index is 12.8. The molecule has 0 unspecified atom stereocenters. The van der Waals surface area contributed by atoms with Gasteiger partial charge in [0.15, 0.2) is 11.9 Å². The average Bonchev–Trinajstić information content (AvgIpc) is 2.66. The van der Waals surface area contributed by atoms with E-state index in [0.717, 1.165) is 19.3 Å². The summed E-state index contributed by atoms with van der Waals surface area (Å²) in [5.41, 5.74) is 0.172. The predicted molar refractivity (Wildman–Crippen MR) is 117 cm³/mol. The lowest BCUT2D eigenvalue weighted by Crippen LogP contribution is -2.75. The number of hydrogen-bond donors (Lipinski definition) is 2. The van der Waals surface area contributed by atoms with Crippen LogP contribution in [-0.4, -0.2) is 53.4 Å². The van der Waals surface area contributed by atoms with Gasteiger partial charge in [0.2, 0.25) is 0 Å². The van der Waals surface area contributed by atoms with E-state index in [0.29, 0.717) is 42.5 Å². The summed E-state index contributed by atoms with van der Waals surface area (Å²) in [6.45, 7) is 0.683. The number of nitrogens with one attached hydrogen (secondary N) is 1. The number of amides is 1. The summed E-state index contributed by atoms with van der Waals surface area (Å²) in [6.07, 6.45) is -2.06. The van der Waals surface area contributed by atoms with Gasteiger partial charge in [-0.05, 0) is 42.9 Å². The molecule has 4 aliphatic carbocycles. The molecule has 1 aromatic rings. The van der Waals surface area contributed by atoms with Crippen LogP contribution in [0.5, 0.6) is 5.75 Å². The molecule has 4 saturated carbocycles. The van der Waals surface area contributed by atoms with Gasteiger partial charge in [-0.2, -0.15) is 8.78 Å². The van der Waals surface area contributed by atoms with Gasteiger partial charge in [-0.15, -0.1) is 0 Å². The third-order valence-electron chi connectivity index (χ3n) is 7.34. The number of alkyl halides is 2. The van der Waals surface area contributed by atoms with E-state index in [4.69, 9.17) is 21.1 Å². The monoisotopic (exact) mass is 499 g/mol. The molecule has 1 heterocycles. The van der Waals surface area contributed by atoms with Crippen molar-refractivity contribution in [3.63, 3.8) is 0 Å². The fourth-order valence-corrected chi connectivity index (χ4v) is 6.14. The molecule has 186 valence electrons. The molecule has 1 amide bonds. The molecule has 0 spiro atoms. The highest BCUT2D eigenvalue weighted by molar-refractivity contribution is 6.30. The number of benzene rings is 1. The van der Waals surface area contributed by atoms with Crippen LogP contribution in [0.1, 0.15) is 63.5 Å². The van der Waals surface area contributed by atoms with Crippen LogP contribution >= 0.6 is 11.6 Å². The third kappa shape index (κ3) is 4.80. The number of aliphatic hydroxyl groups is 1. The van der Waals surface area contributed by atoms with E-state index < -0.39 is 24.4 Å². The molecule has 1 aromatic carbocycles.